The summed E-state index contributed by atoms with van der Waals surface area (Å²) in [7, 11) is 3.25. The molecule has 0 saturated carbocycles. The monoisotopic (exact) mass is 340 g/mol. The number of Topliss-reactive ketones (excluding diaryl/α,β-unsaturated/α-hetero) is 2. The summed E-state index contributed by atoms with van der Waals surface area (Å²) in [6, 6.07) is 13.5. The second kappa shape index (κ2) is 8.12. The van der Waals surface area contributed by atoms with E-state index in [1.54, 1.807) is 62.8 Å². The fourth-order valence-corrected chi connectivity index (χ4v) is 2.34. The molecule has 6 heteroatoms. The second-order valence-corrected chi connectivity index (χ2v) is 5.20. The third-order valence-electron chi connectivity index (χ3n) is 3.40. The van der Waals surface area contributed by atoms with E-state index in [9.17, 15) is 19.2 Å². The maximum Gasteiger partial charge on any atom is 0.346 e. The fourth-order valence-electron chi connectivity index (χ4n) is 2.34. The number of cyclic esters (lactones) is 2. The predicted molar refractivity (Wildman–Crippen MR) is 88.8 cm³/mol. The van der Waals surface area contributed by atoms with Crippen LogP contribution in [0, 0.1) is 0 Å². The van der Waals surface area contributed by atoms with Crippen LogP contribution in [0.25, 0.3) is 0 Å². The zero-order chi connectivity index (χ0) is 18.4. The third kappa shape index (κ3) is 4.05. The molecule has 0 spiro atoms. The normalized spacial score (nSPS) is 13.8. The van der Waals surface area contributed by atoms with Gasteiger partial charge in [0.05, 0.1) is 17.5 Å². The zero-order valence-corrected chi connectivity index (χ0v) is 13.8. The van der Waals surface area contributed by atoms with Crippen molar-refractivity contribution in [3.63, 3.8) is 0 Å². The Morgan fingerprint density at radius 2 is 1.00 bits per heavy atom. The standard InChI is InChI=1S/C9H6O2.C8H4O3.C2H6O/c10-8-5-9(11)7-4-2-1-3-6(7)8;9-7-5-3-1-2-4-6(5)8(10)11-7;1-3-2/h1-4H,5H2;1-4H;1-2H3. The van der Waals surface area contributed by atoms with E-state index in [0.717, 1.165) is 0 Å². The third-order valence-corrected chi connectivity index (χ3v) is 3.40. The van der Waals surface area contributed by atoms with Crippen molar-refractivity contribution in [1.82, 2.24) is 0 Å². The summed E-state index contributed by atoms with van der Waals surface area (Å²) in [5, 5.41) is 0. The highest BCUT2D eigenvalue weighted by atomic mass is 16.6. The number of hydrogen-bond acceptors (Lipinski definition) is 6. The molecule has 2 aromatic carbocycles. The molecule has 0 N–H and O–H groups in total. The molecule has 1 heterocycles. The Morgan fingerprint density at radius 3 is 1.36 bits per heavy atom. The van der Waals surface area contributed by atoms with E-state index in [4.69, 9.17) is 0 Å². The van der Waals surface area contributed by atoms with E-state index in [0.29, 0.717) is 22.3 Å². The molecular weight excluding hydrogens is 324 g/mol. The van der Waals surface area contributed by atoms with Crippen LogP contribution in [0.4, 0.5) is 0 Å². The maximum absolute atomic E-state index is 11.1. The molecule has 128 valence electrons. The summed E-state index contributed by atoms with van der Waals surface area (Å²) in [5.41, 5.74) is 1.88. The fraction of sp³-hybridized carbons (Fsp3) is 0.158. The van der Waals surface area contributed by atoms with Crippen LogP contribution >= 0.6 is 0 Å². The predicted octanol–water partition coefficient (Wildman–Crippen LogP) is 2.72. The van der Waals surface area contributed by atoms with Crippen molar-refractivity contribution in [2.45, 2.75) is 6.42 Å². The quantitative estimate of drug-likeness (QED) is 0.541. The molecule has 1 aliphatic carbocycles. The lowest BCUT2D eigenvalue weighted by Crippen LogP contribution is -1.96. The number of methoxy groups -OCH3 is 1. The molecule has 1 aliphatic heterocycles. The number of ether oxygens (including phenoxy) is 2. The van der Waals surface area contributed by atoms with Crippen molar-refractivity contribution in [1.29, 1.82) is 0 Å². The largest absolute Gasteiger partial charge is 0.388 e. The summed E-state index contributed by atoms with van der Waals surface area (Å²) in [6.45, 7) is 0. The molecule has 2 aromatic rings. The average molecular weight is 340 g/mol. The average Bonchev–Trinajstić information content (AvgIpc) is 3.06. The van der Waals surface area contributed by atoms with Crippen molar-refractivity contribution in [2.75, 3.05) is 14.2 Å². The van der Waals surface area contributed by atoms with Gasteiger partial charge in [0.15, 0.2) is 11.6 Å². The maximum atomic E-state index is 11.1. The van der Waals surface area contributed by atoms with Crippen LogP contribution < -0.4 is 0 Å². The molecule has 0 fully saturated rings. The van der Waals surface area contributed by atoms with E-state index in [-0.39, 0.29) is 18.0 Å². The smallest absolute Gasteiger partial charge is 0.346 e. The topological polar surface area (TPSA) is 86.7 Å². The molecule has 0 saturated heterocycles. The number of carbonyl (C=O) groups excluding carboxylic acids is 4. The van der Waals surface area contributed by atoms with Gasteiger partial charge >= 0.3 is 11.9 Å². The summed E-state index contributed by atoms with van der Waals surface area (Å²) in [4.78, 5) is 43.8. The van der Waals surface area contributed by atoms with Crippen molar-refractivity contribution in [3.8, 4) is 0 Å². The first kappa shape index (κ1) is 18.2. The lowest BCUT2D eigenvalue weighted by atomic mass is 10.1. The van der Waals surface area contributed by atoms with Crippen LogP contribution in [-0.4, -0.2) is 37.7 Å². The highest BCUT2D eigenvalue weighted by molar-refractivity contribution is 6.24. The Kier molecular flexibility index (Phi) is 5.92. The number of ketones is 2. The molecular formula is C19H16O6. The van der Waals surface area contributed by atoms with Gasteiger partial charge in [-0.1, -0.05) is 36.4 Å². The lowest BCUT2D eigenvalue weighted by Gasteiger charge is -1.90. The second-order valence-electron chi connectivity index (χ2n) is 5.20. The Morgan fingerprint density at radius 1 is 0.680 bits per heavy atom. The highest BCUT2D eigenvalue weighted by Crippen LogP contribution is 2.20. The lowest BCUT2D eigenvalue weighted by molar-refractivity contribution is 0.0443. The Balaban J connectivity index is 0.000000156. The Labute approximate surface area is 144 Å². The van der Waals surface area contributed by atoms with Crippen molar-refractivity contribution < 1.29 is 28.7 Å². The van der Waals surface area contributed by atoms with E-state index in [1.165, 1.54) is 0 Å². The summed E-state index contributed by atoms with van der Waals surface area (Å²) in [5.74, 6) is -1.20. The molecule has 2 aliphatic rings. The van der Waals surface area contributed by atoms with Crippen LogP contribution in [0.2, 0.25) is 0 Å². The van der Waals surface area contributed by atoms with Crippen molar-refractivity contribution >= 4 is 23.5 Å². The van der Waals surface area contributed by atoms with Crippen molar-refractivity contribution in [2.24, 2.45) is 0 Å². The molecule has 6 nitrogen and oxygen atoms in total. The van der Waals surface area contributed by atoms with Crippen LogP contribution in [-0.2, 0) is 9.47 Å². The zero-order valence-electron chi connectivity index (χ0n) is 13.8. The Hall–Kier alpha value is -3.12. The minimum atomic E-state index is -0.550. The minimum absolute atomic E-state index is 0.0504. The van der Waals surface area contributed by atoms with Gasteiger partial charge in [0, 0.05) is 25.3 Å². The number of esters is 2. The van der Waals surface area contributed by atoms with E-state index >= 15 is 0 Å². The van der Waals surface area contributed by atoms with Crippen LogP contribution in [0.1, 0.15) is 47.9 Å². The summed E-state index contributed by atoms with van der Waals surface area (Å²) in [6.07, 6.45) is 0.0549. The van der Waals surface area contributed by atoms with E-state index in [1.807, 2.05) is 0 Å². The van der Waals surface area contributed by atoms with Gasteiger partial charge in [-0.3, -0.25) is 9.59 Å². The number of carbonyl (C=O) groups is 4. The van der Waals surface area contributed by atoms with Crippen LogP contribution in [0.5, 0.6) is 0 Å². The van der Waals surface area contributed by atoms with E-state index < -0.39 is 11.9 Å². The summed E-state index contributed by atoms with van der Waals surface area (Å²) < 4.78 is 8.60. The number of rotatable bonds is 0. The molecule has 0 unspecified atom stereocenters. The van der Waals surface area contributed by atoms with Crippen LogP contribution in [0.15, 0.2) is 48.5 Å². The van der Waals surface area contributed by atoms with Gasteiger partial charge in [-0.25, -0.2) is 9.59 Å². The minimum Gasteiger partial charge on any atom is -0.388 e. The van der Waals surface area contributed by atoms with Gasteiger partial charge in [0.2, 0.25) is 0 Å². The SMILES string of the molecule is COC.O=C1CC(=O)c2ccccc21.O=C1OC(=O)c2ccccc21. The van der Waals surface area contributed by atoms with E-state index in [2.05, 4.69) is 9.47 Å². The van der Waals surface area contributed by atoms with Crippen molar-refractivity contribution in [3.05, 3.63) is 70.8 Å². The highest BCUT2D eigenvalue weighted by Gasteiger charge is 2.28. The molecule has 0 aromatic heterocycles. The molecule has 0 bridgehead atoms. The molecule has 0 atom stereocenters. The molecule has 4 rings (SSSR count). The summed E-state index contributed by atoms with van der Waals surface area (Å²) >= 11 is 0. The number of benzene rings is 2. The van der Waals surface area contributed by atoms with Gasteiger partial charge in [-0.15, -0.1) is 0 Å². The van der Waals surface area contributed by atoms with Gasteiger partial charge < -0.3 is 9.47 Å². The molecule has 0 amide bonds. The number of fused-ring (bicyclic) bond motifs is 2. The number of hydrogen-bond donors (Lipinski definition) is 0. The Bertz CT molecular complexity index is 702. The van der Waals surface area contributed by atoms with Gasteiger partial charge in [-0.05, 0) is 12.1 Å². The first-order valence-corrected chi connectivity index (χ1v) is 7.40. The van der Waals surface area contributed by atoms with Gasteiger partial charge in [0.25, 0.3) is 0 Å². The first-order chi connectivity index (χ1) is 12.0. The molecule has 0 radical (unpaired) electrons. The van der Waals surface area contributed by atoms with Crippen LogP contribution in [0.3, 0.4) is 0 Å². The van der Waals surface area contributed by atoms with Gasteiger partial charge in [-0.2, -0.15) is 0 Å². The van der Waals surface area contributed by atoms with Gasteiger partial charge in [0.1, 0.15) is 0 Å². The first-order valence-electron chi connectivity index (χ1n) is 7.40. The molecule has 25 heavy (non-hydrogen) atoms.